The Balaban J connectivity index is 3.55. The van der Waals surface area contributed by atoms with Gasteiger partial charge >= 0.3 is 6.18 Å². The molecule has 0 rings (SSSR count). The minimum Gasteiger partial charge on any atom is -0.171 e. The molecule has 0 aliphatic carbocycles. The Morgan fingerprint density at radius 3 is 2.12 bits per heavy atom. The Hall–Kier alpha value is -0.900. The maximum Gasteiger partial charge on any atom is 0.398 e. The van der Waals surface area contributed by atoms with Crippen LogP contribution in [0.2, 0.25) is 0 Å². The maximum atomic E-state index is 10.9. The molecule has 8 heavy (non-hydrogen) atoms. The molecule has 0 atom stereocenters. The fourth-order valence-corrected chi connectivity index (χ4v) is 0.0913. The van der Waals surface area contributed by atoms with Crippen molar-refractivity contribution < 1.29 is 13.2 Å². The van der Waals surface area contributed by atoms with Crippen LogP contribution in [0.5, 0.6) is 0 Å². The van der Waals surface area contributed by atoms with E-state index in [0.717, 1.165) is 0 Å². The van der Waals surface area contributed by atoms with E-state index < -0.39 is 12.7 Å². The van der Waals surface area contributed by atoms with Crippen LogP contribution in [0.3, 0.4) is 0 Å². The number of nitrogens with zero attached hydrogens (tertiary/aromatic N) is 3. The number of alkyl halides is 3. The van der Waals surface area contributed by atoms with Gasteiger partial charge in [-0.2, -0.15) is 13.2 Å². The molecule has 6 heteroatoms. The van der Waals surface area contributed by atoms with Gasteiger partial charge in [0, 0.05) is 4.91 Å². The SMILES string of the molecule is [N-]=[N+]=N[CH]C(F)(F)F. The molecule has 1 radical (unpaired) electrons. The first-order chi connectivity index (χ1) is 3.56. The third kappa shape index (κ3) is 5.10. The van der Waals surface area contributed by atoms with Gasteiger partial charge in [0.05, 0.1) is 0 Å². The second-order valence-corrected chi connectivity index (χ2v) is 0.876. The zero-order chi connectivity index (χ0) is 6.62. The number of hydrogen-bond donors (Lipinski definition) is 0. The van der Waals surface area contributed by atoms with Gasteiger partial charge < -0.3 is 0 Å². The topological polar surface area (TPSA) is 48.8 Å². The normalized spacial score (nSPS) is 10.4. The summed E-state index contributed by atoms with van der Waals surface area (Å²) in [4.78, 5) is 1.87. The molecule has 0 aromatic rings. The summed E-state index contributed by atoms with van der Waals surface area (Å²) in [5, 5.41) is 2.17. The fourth-order valence-electron chi connectivity index (χ4n) is 0.0913. The number of hydrogen-bond acceptors (Lipinski definition) is 1. The summed E-state index contributed by atoms with van der Waals surface area (Å²) in [5.41, 5.74) is 7.36. The number of azide groups is 1. The Bertz CT molecular complexity index is 110. The zero-order valence-electron chi connectivity index (χ0n) is 3.55. The van der Waals surface area contributed by atoms with Gasteiger partial charge in [-0.1, -0.05) is 5.11 Å². The van der Waals surface area contributed by atoms with Gasteiger partial charge in [0.1, 0.15) is 0 Å². The molecule has 0 saturated heterocycles. The second-order valence-electron chi connectivity index (χ2n) is 0.876. The Morgan fingerprint density at radius 1 is 1.50 bits per heavy atom. The van der Waals surface area contributed by atoms with E-state index in [1.165, 1.54) is 0 Å². The van der Waals surface area contributed by atoms with Gasteiger partial charge in [-0.25, -0.2) is 0 Å². The van der Waals surface area contributed by atoms with E-state index in [0.29, 0.717) is 0 Å². The molecular formula is C2HF3N3. The van der Waals surface area contributed by atoms with Gasteiger partial charge in [0.25, 0.3) is 0 Å². The zero-order valence-corrected chi connectivity index (χ0v) is 3.55. The standard InChI is InChI=1S/C2HF3N3/c3-2(4,5)1-7-8-6/h1H. The van der Waals surface area contributed by atoms with Crippen LogP contribution >= 0.6 is 0 Å². The predicted molar refractivity (Wildman–Crippen MR) is 19.5 cm³/mol. The second kappa shape index (κ2) is 2.42. The molecule has 0 aromatic heterocycles. The van der Waals surface area contributed by atoms with Crippen LogP contribution < -0.4 is 0 Å². The highest BCUT2D eigenvalue weighted by molar-refractivity contribution is 4.70. The Morgan fingerprint density at radius 2 is 2.00 bits per heavy atom. The van der Waals surface area contributed by atoms with Crippen molar-refractivity contribution in [3.05, 3.63) is 17.0 Å². The first-order valence-electron chi connectivity index (χ1n) is 1.51. The largest absolute Gasteiger partial charge is 0.398 e. The van der Waals surface area contributed by atoms with Crippen molar-refractivity contribution in [3.63, 3.8) is 0 Å². The average molecular weight is 124 g/mol. The molecule has 0 fully saturated rings. The minimum atomic E-state index is -4.49. The molecule has 0 heterocycles. The van der Waals surface area contributed by atoms with Crippen LogP contribution in [-0.2, 0) is 0 Å². The van der Waals surface area contributed by atoms with Crippen molar-refractivity contribution in [2.45, 2.75) is 6.18 Å². The third-order valence-electron chi connectivity index (χ3n) is 0.256. The molecular weight excluding hydrogens is 123 g/mol. The summed E-state index contributed by atoms with van der Waals surface area (Å²) in [6, 6.07) is 0. The Kier molecular flexibility index (Phi) is 2.15. The lowest BCUT2D eigenvalue weighted by Gasteiger charge is -1.96. The van der Waals surface area contributed by atoms with Crippen LogP contribution in [0.15, 0.2) is 5.11 Å². The first-order valence-corrected chi connectivity index (χ1v) is 1.51. The smallest absolute Gasteiger partial charge is 0.171 e. The van der Waals surface area contributed by atoms with Crippen LogP contribution in [0.25, 0.3) is 10.4 Å². The van der Waals surface area contributed by atoms with Gasteiger partial charge in [0.2, 0.25) is 0 Å². The number of halogens is 3. The third-order valence-corrected chi connectivity index (χ3v) is 0.256. The van der Waals surface area contributed by atoms with Crippen molar-refractivity contribution in [1.29, 1.82) is 0 Å². The summed E-state index contributed by atoms with van der Waals surface area (Å²) >= 11 is 0. The first kappa shape index (κ1) is 7.10. The van der Waals surface area contributed by atoms with Gasteiger partial charge in [0.15, 0.2) is 6.54 Å². The maximum absolute atomic E-state index is 10.9. The van der Waals surface area contributed by atoms with E-state index in [-0.39, 0.29) is 0 Å². The highest BCUT2D eigenvalue weighted by Gasteiger charge is 2.25. The van der Waals surface area contributed by atoms with Crippen molar-refractivity contribution in [2.75, 3.05) is 0 Å². The molecule has 0 spiro atoms. The van der Waals surface area contributed by atoms with E-state index in [2.05, 4.69) is 5.11 Å². The highest BCUT2D eigenvalue weighted by atomic mass is 19.4. The summed E-state index contributed by atoms with van der Waals surface area (Å²) < 4.78 is 32.8. The van der Waals surface area contributed by atoms with Crippen LogP contribution in [0.1, 0.15) is 0 Å². The van der Waals surface area contributed by atoms with Gasteiger partial charge in [-0.15, -0.1) is 0 Å². The lowest BCUT2D eigenvalue weighted by molar-refractivity contribution is -0.0966. The summed E-state index contributed by atoms with van der Waals surface area (Å²) in [7, 11) is 0. The van der Waals surface area contributed by atoms with Gasteiger partial charge in [-0.3, -0.25) is 0 Å². The highest BCUT2D eigenvalue weighted by Crippen LogP contribution is 2.18. The van der Waals surface area contributed by atoms with E-state index in [1.807, 2.05) is 4.91 Å². The lowest BCUT2D eigenvalue weighted by atomic mass is 10.7. The molecule has 0 aliphatic rings. The van der Waals surface area contributed by atoms with Crippen LogP contribution in [-0.4, -0.2) is 6.18 Å². The summed E-state index contributed by atoms with van der Waals surface area (Å²) in [5.74, 6) is 0. The van der Waals surface area contributed by atoms with Crippen LogP contribution in [0, 0.1) is 6.54 Å². The molecule has 0 bridgehead atoms. The molecule has 0 unspecified atom stereocenters. The van der Waals surface area contributed by atoms with E-state index in [4.69, 9.17) is 5.53 Å². The van der Waals surface area contributed by atoms with Crippen LogP contribution in [0.4, 0.5) is 13.2 Å². The lowest BCUT2D eigenvalue weighted by Crippen LogP contribution is -2.04. The molecule has 0 N–H and O–H groups in total. The summed E-state index contributed by atoms with van der Waals surface area (Å²) in [6.45, 7) is -0.424. The Labute approximate surface area is 42.7 Å². The molecule has 3 nitrogen and oxygen atoms in total. The molecule has 0 aliphatic heterocycles. The fraction of sp³-hybridized carbons (Fsp3) is 0.500. The molecule has 0 amide bonds. The molecule has 0 saturated carbocycles. The quantitative estimate of drug-likeness (QED) is 0.291. The monoisotopic (exact) mass is 124 g/mol. The van der Waals surface area contributed by atoms with E-state index in [9.17, 15) is 13.2 Å². The van der Waals surface area contributed by atoms with Crippen molar-refractivity contribution in [3.8, 4) is 0 Å². The minimum absolute atomic E-state index is 0.424. The average Bonchev–Trinajstić information content (AvgIpc) is 1.59. The molecule has 0 aromatic carbocycles. The van der Waals surface area contributed by atoms with E-state index in [1.54, 1.807) is 0 Å². The number of rotatable bonds is 1. The van der Waals surface area contributed by atoms with Crippen molar-refractivity contribution >= 4 is 0 Å². The van der Waals surface area contributed by atoms with E-state index >= 15 is 0 Å². The summed E-state index contributed by atoms with van der Waals surface area (Å²) in [6.07, 6.45) is -4.49. The predicted octanol–water partition coefficient (Wildman–Crippen LogP) is 2.02. The molecule has 45 valence electrons. The van der Waals surface area contributed by atoms with Gasteiger partial charge in [-0.05, 0) is 5.53 Å². The van der Waals surface area contributed by atoms with Crippen molar-refractivity contribution in [2.24, 2.45) is 5.11 Å². The van der Waals surface area contributed by atoms with Crippen molar-refractivity contribution in [1.82, 2.24) is 0 Å².